The van der Waals surface area contributed by atoms with Gasteiger partial charge in [0, 0.05) is 5.56 Å². The van der Waals surface area contributed by atoms with Crippen LogP contribution >= 0.6 is 0 Å². The van der Waals surface area contributed by atoms with Crippen molar-refractivity contribution in [2.45, 2.75) is 6.92 Å². The highest BCUT2D eigenvalue weighted by molar-refractivity contribution is 5.86. The molecule has 3 rings (SSSR count). The Labute approximate surface area is 107 Å². The lowest BCUT2D eigenvalue weighted by molar-refractivity contribution is 0.450. The molecule has 1 aliphatic heterocycles. The minimum Gasteiger partial charge on any atom is -0.456 e. The zero-order valence-corrected chi connectivity index (χ0v) is 10.3. The van der Waals surface area contributed by atoms with Gasteiger partial charge in [0.1, 0.15) is 11.5 Å². The van der Waals surface area contributed by atoms with E-state index in [1.165, 1.54) is 11.1 Å². The van der Waals surface area contributed by atoms with Crippen LogP contribution in [0.15, 0.2) is 66.9 Å². The van der Waals surface area contributed by atoms with Gasteiger partial charge < -0.3 is 4.74 Å². The van der Waals surface area contributed by atoms with E-state index < -0.39 is 0 Å². The first kappa shape index (κ1) is 10.8. The molecule has 0 atom stereocenters. The van der Waals surface area contributed by atoms with Crippen LogP contribution in [0.4, 0.5) is 0 Å². The van der Waals surface area contributed by atoms with Gasteiger partial charge in [-0.3, -0.25) is 0 Å². The van der Waals surface area contributed by atoms with Crippen molar-refractivity contribution in [2.75, 3.05) is 0 Å². The van der Waals surface area contributed by atoms with Crippen LogP contribution in [-0.4, -0.2) is 0 Å². The Morgan fingerprint density at radius 3 is 2.22 bits per heavy atom. The van der Waals surface area contributed by atoms with Gasteiger partial charge in [0.05, 0.1) is 0 Å². The molecule has 0 saturated carbocycles. The molecule has 1 aliphatic rings. The van der Waals surface area contributed by atoms with Gasteiger partial charge >= 0.3 is 0 Å². The molecule has 1 heteroatoms. The Hall–Kier alpha value is -2.28. The third kappa shape index (κ3) is 1.56. The largest absolute Gasteiger partial charge is 0.456 e. The van der Waals surface area contributed by atoms with Gasteiger partial charge in [-0.2, -0.15) is 0 Å². The Morgan fingerprint density at radius 1 is 0.889 bits per heavy atom. The summed E-state index contributed by atoms with van der Waals surface area (Å²) in [6, 6.07) is 16.5. The number of fused-ring (bicyclic) bond motifs is 3. The first-order valence-electron chi connectivity index (χ1n) is 6.01. The molecule has 0 unspecified atom stereocenters. The second-order valence-electron chi connectivity index (χ2n) is 4.34. The minimum atomic E-state index is 0.826. The summed E-state index contributed by atoms with van der Waals surface area (Å²) in [4.78, 5) is 0. The monoisotopic (exact) mass is 234 g/mol. The molecule has 0 bridgehead atoms. The van der Waals surface area contributed by atoms with Crippen LogP contribution in [0.1, 0.15) is 12.5 Å². The zero-order chi connectivity index (χ0) is 12.5. The van der Waals surface area contributed by atoms with Crippen LogP contribution in [0.25, 0.3) is 16.7 Å². The lowest BCUT2D eigenvalue weighted by atomic mass is 9.95. The van der Waals surface area contributed by atoms with Crippen molar-refractivity contribution in [2.24, 2.45) is 0 Å². The Morgan fingerprint density at radius 2 is 1.50 bits per heavy atom. The van der Waals surface area contributed by atoms with Gasteiger partial charge in [0.15, 0.2) is 0 Å². The van der Waals surface area contributed by atoms with Crippen molar-refractivity contribution in [3.8, 4) is 16.9 Å². The average molecular weight is 234 g/mol. The third-order valence-corrected chi connectivity index (χ3v) is 3.28. The molecule has 0 radical (unpaired) electrons. The molecule has 18 heavy (non-hydrogen) atoms. The van der Waals surface area contributed by atoms with Crippen LogP contribution < -0.4 is 4.74 Å². The second kappa shape index (κ2) is 4.19. The fourth-order valence-corrected chi connectivity index (χ4v) is 2.35. The average Bonchev–Trinajstić information content (AvgIpc) is 2.55. The summed E-state index contributed by atoms with van der Waals surface area (Å²) in [5.41, 5.74) is 4.67. The van der Waals surface area contributed by atoms with Gasteiger partial charge in [-0.05, 0) is 35.8 Å². The summed E-state index contributed by atoms with van der Waals surface area (Å²) in [6.45, 7) is 5.91. The topological polar surface area (TPSA) is 9.23 Å². The van der Waals surface area contributed by atoms with Gasteiger partial charge in [0.2, 0.25) is 0 Å². The molecule has 0 spiro atoms. The molecular formula is C17H14O. The number of allylic oxidation sites excluding steroid dienone is 2. The maximum absolute atomic E-state index is 5.96. The molecule has 1 heterocycles. The maximum atomic E-state index is 5.96. The van der Waals surface area contributed by atoms with E-state index in [1.54, 1.807) is 6.08 Å². The van der Waals surface area contributed by atoms with E-state index in [1.807, 2.05) is 18.2 Å². The van der Waals surface area contributed by atoms with E-state index in [-0.39, 0.29) is 0 Å². The molecule has 0 saturated heterocycles. The van der Waals surface area contributed by atoms with Crippen LogP contribution in [0, 0.1) is 0 Å². The van der Waals surface area contributed by atoms with E-state index in [9.17, 15) is 0 Å². The summed E-state index contributed by atoms with van der Waals surface area (Å²) in [7, 11) is 0. The summed E-state index contributed by atoms with van der Waals surface area (Å²) >= 11 is 0. The predicted molar refractivity (Wildman–Crippen MR) is 75.3 cm³/mol. The van der Waals surface area contributed by atoms with Crippen molar-refractivity contribution >= 4 is 5.57 Å². The van der Waals surface area contributed by atoms with Crippen LogP contribution in [0.3, 0.4) is 0 Å². The molecule has 0 aliphatic carbocycles. The lowest BCUT2D eigenvalue weighted by Crippen LogP contribution is -1.93. The zero-order valence-electron chi connectivity index (χ0n) is 10.3. The van der Waals surface area contributed by atoms with Crippen molar-refractivity contribution in [3.05, 3.63) is 72.5 Å². The fraction of sp³-hybridized carbons (Fsp3) is 0.0588. The van der Waals surface area contributed by atoms with E-state index >= 15 is 0 Å². The molecule has 1 nitrogen and oxygen atoms in total. The molecule has 0 fully saturated rings. The number of hydrogen-bond donors (Lipinski definition) is 0. The van der Waals surface area contributed by atoms with E-state index in [0.717, 1.165) is 22.6 Å². The maximum Gasteiger partial charge on any atom is 0.135 e. The fourth-order valence-electron chi connectivity index (χ4n) is 2.35. The van der Waals surface area contributed by atoms with Crippen molar-refractivity contribution in [3.63, 3.8) is 0 Å². The number of hydrogen-bond acceptors (Lipinski definition) is 1. The first-order valence-corrected chi connectivity index (χ1v) is 6.01. The number of benzene rings is 2. The lowest BCUT2D eigenvalue weighted by Gasteiger charge is -2.08. The van der Waals surface area contributed by atoms with Crippen LogP contribution in [0.2, 0.25) is 0 Å². The molecule has 2 aromatic rings. The Bertz CT molecular complexity index is 650. The standard InChI is InChI=1S/C17H14O/c1-3-16-12(2)13-8-4-5-9-14(13)15-10-6-7-11-17(15)18-16/h3-11H,1H2,2H3. The molecular weight excluding hydrogens is 220 g/mol. The van der Waals surface area contributed by atoms with Crippen LogP contribution in [-0.2, 0) is 0 Å². The highest BCUT2D eigenvalue weighted by atomic mass is 16.5. The smallest absolute Gasteiger partial charge is 0.135 e. The minimum absolute atomic E-state index is 0.826. The summed E-state index contributed by atoms with van der Waals surface area (Å²) in [5, 5.41) is 0. The van der Waals surface area contributed by atoms with Gasteiger partial charge in [-0.1, -0.05) is 49.0 Å². The van der Waals surface area contributed by atoms with Crippen LogP contribution in [0.5, 0.6) is 5.75 Å². The van der Waals surface area contributed by atoms with Gasteiger partial charge in [-0.15, -0.1) is 0 Å². The first-order chi connectivity index (χ1) is 8.81. The Balaban J connectivity index is 2.38. The quantitative estimate of drug-likeness (QED) is 0.697. The summed E-state index contributed by atoms with van der Waals surface area (Å²) in [6.07, 6.45) is 1.77. The molecule has 0 amide bonds. The highest BCUT2D eigenvalue weighted by Crippen LogP contribution is 2.40. The second-order valence-corrected chi connectivity index (χ2v) is 4.34. The van der Waals surface area contributed by atoms with E-state index in [2.05, 4.69) is 43.8 Å². The predicted octanol–water partition coefficient (Wildman–Crippen LogP) is 4.66. The number of para-hydroxylation sites is 1. The van der Waals surface area contributed by atoms with Crippen molar-refractivity contribution < 1.29 is 4.74 Å². The van der Waals surface area contributed by atoms with Crippen molar-refractivity contribution in [1.29, 1.82) is 0 Å². The van der Waals surface area contributed by atoms with E-state index in [0.29, 0.717) is 0 Å². The van der Waals surface area contributed by atoms with E-state index in [4.69, 9.17) is 4.74 Å². The highest BCUT2D eigenvalue weighted by Gasteiger charge is 2.18. The van der Waals surface area contributed by atoms with Gasteiger partial charge in [0.25, 0.3) is 0 Å². The number of ether oxygens (including phenoxy) is 1. The van der Waals surface area contributed by atoms with Crippen molar-refractivity contribution in [1.82, 2.24) is 0 Å². The third-order valence-electron chi connectivity index (χ3n) is 3.28. The number of rotatable bonds is 1. The molecule has 0 N–H and O–H groups in total. The normalized spacial score (nSPS) is 13.2. The van der Waals surface area contributed by atoms with Gasteiger partial charge in [-0.25, -0.2) is 0 Å². The Kier molecular flexibility index (Phi) is 2.52. The summed E-state index contributed by atoms with van der Waals surface area (Å²) in [5.74, 6) is 1.71. The molecule has 2 aromatic carbocycles. The molecule has 88 valence electrons. The summed E-state index contributed by atoms with van der Waals surface area (Å²) < 4.78 is 5.96. The SMILES string of the molecule is C=CC1=C(C)c2ccccc2-c2ccccc2O1. The molecule has 0 aromatic heterocycles.